The van der Waals surface area contributed by atoms with E-state index >= 15 is 0 Å². The van der Waals surface area contributed by atoms with E-state index in [0.717, 1.165) is 42.3 Å². The van der Waals surface area contributed by atoms with Crippen LogP contribution in [0.3, 0.4) is 0 Å². The molecular weight excluding hydrogens is 510 g/mol. The van der Waals surface area contributed by atoms with Gasteiger partial charge in [-0.2, -0.15) is 10.2 Å². The number of benzene rings is 1. The van der Waals surface area contributed by atoms with Gasteiger partial charge in [-0.15, -0.1) is 0 Å². The van der Waals surface area contributed by atoms with Crippen molar-refractivity contribution in [2.24, 2.45) is 18.2 Å². The lowest BCUT2D eigenvalue weighted by atomic mass is 9.52. The SMILES string of the molecule is Cn1cc(-c2ccc3c(c2)c(C(=O)NC2CC4(CCC4)C2Oc2ncccc2C(N)=O)nn3CC(C)(C)O)cn1. The van der Waals surface area contributed by atoms with Crippen LogP contribution in [0.15, 0.2) is 48.9 Å². The minimum Gasteiger partial charge on any atom is -0.471 e. The maximum Gasteiger partial charge on any atom is 0.272 e. The highest BCUT2D eigenvalue weighted by Gasteiger charge is 2.59. The Hall–Kier alpha value is -4.25. The zero-order valence-corrected chi connectivity index (χ0v) is 22.8. The van der Waals surface area contributed by atoms with Crippen LogP contribution in [-0.2, 0) is 13.6 Å². The average molecular weight is 544 g/mol. The van der Waals surface area contributed by atoms with Gasteiger partial charge in [0.25, 0.3) is 11.8 Å². The van der Waals surface area contributed by atoms with Gasteiger partial charge >= 0.3 is 0 Å². The highest BCUT2D eigenvalue weighted by Crippen LogP contribution is 2.57. The lowest BCUT2D eigenvalue weighted by Crippen LogP contribution is -2.67. The van der Waals surface area contributed by atoms with Crippen LogP contribution < -0.4 is 15.8 Å². The van der Waals surface area contributed by atoms with E-state index < -0.39 is 11.5 Å². The largest absolute Gasteiger partial charge is 0.471 e. The summed E-state index contributed by atoms with van der Waals surface area (Å²) in [5.41, 5.74) is 7.53. The van der Waals surface area contributed by atoms with Crippen LogP contribution >= 0.6 is 0 Å². The quantitative estimate of drug-likeness (QED) is 0.309. The highest BCUT2D eigenvalue weighted by molar-refractivity contribution is 6.06. The molecule has 1 aromatic carbocycles. The van der Waals surface area contributed by atoms with Gasteiger partial charge in [0, 0.05) is 35.8 Å². The van der Waals surface area contributed by atoms with Gasteiger partial charge in [-0.3, -0.25) is 19.0 Å². The number of aromatic nitrogens is 5. The van der Waals surface area contributed by atoms with Crippen molar-refractivity contribution in [3.8, 4) is 17.0 Å². The lowest BCUT2D eigenvalue weighted by Gasteiger charge is -2.59. The topological polar surface area (TPSA) is 150 Å². The number of hydrogen-bond acceptors (Lipinski definition) is 7. The Morgan fingerprint density at radius 3 is 2.70 bits per heavy atom. The molecule has 208 valence electrons. The monoisotopic (exact) mass is 543 g/mol. The van der Waals surface area contributed by atoms with E-state index in [-0.39, 0.29) is 47.2 Å². The number of fused-ring (bicyclic) bond motifs is 1. The molecule has 0 bridgehead atoms. The molecule has 2 aliphatic carbocycles. The molecule has 2 unspecified atom stereocenters. The summed E-state index contributed by atoms with van der Waals surface area (Å²) in [6.45, 7) is 3.63. The fourth-order valence-corrected chi connectivity index (χ4v) is 5.99. The van der Waals surface area contributed by atoms with Crippen molar-refractivity contribution in [1.29, 1.82) is 0 Å². The van der Waals surface area contributed by atoms with Crippen molar-refractivity contribution in [2.75, 3.05) is 0 Å². The second-order valence-electron chi connectivity index (χ2n) is 11.7. The number of ether oxygens (including phenoxy) is 1. The number of primary amides is 1. The van der Waals surface area contributed by atoms with Gasteiger partial charge in [0.05, 0.1) is 29.9 Å². The third kappa shape index (κ3) is 4.60. The van der Waals surface area contributed by atoms with Crippen LogP contribution in [0.2, 0.25) is 0 Å². The highest BCUT2D eigenvalue weighted by atomic mass is 16.5. The molecule has 0 radical (unpaired) electrons. The van der Waals surface area contributed by atoms with E-state index in [9.17, 15) is 14.7 Å². The van der Waals surface area contributed by atoms with Crippen molar-refractivity contribution in [3.63, 3.8) is 0 Å². The summed E-state index contributed by atoms with van der Waals surface area (Å²) < 4.78 is 9.69. The molecule has 2 atom stereocenters. The van der Waals surface area contributed by atoms with E-state index in [1.54, 1.807) is 47.7 Å². The molecule has 4 N–H and O–H groups in total. The Morgan fingerprint density at radius 2 is 2.05 bits per heavy atom. The Balaban J connectivity index is 1.32. The maximum absolute atomic E-state index is 13.8. The third-order valence-electron chi connectivity index (χ3n) is 8.08. The number of amides is 2. The summed E-state index contributed by atoms with van der Waals surface area (Å²) in [5.74, 6) is -0.753. The number of rotatable bonds is 8. The first-order chi connectivity index (χ1) is 19.0. The molecule has 6 rings (SSSR count). The molecule has 2 saturated carbocycles. The molecule has 4 aromatic rings. The van der Waals surface area contributed by atoms with Crippen molar-refractivity contribution in [2.45, 2.75) is 63.8 Å². The predicted octanol–water partition coefficient (Wildman–Crippen LogP) is 2.82. The number of nitrogens with two attached hydrogens (primary N) is 1. The Morgan fingerprint density at radius 1 is 1.25 bits per heavy atom. The summed E-state index contributed by atoms with van der Waals surface area (Å²) in [6.07, 6.45) is 8.74. The predicted molar refractivity (Wildman–Crippen MR) is 148 cm³/mol. The number of hydrogen-bond donors (Lipinski definition) is 3. The van der Waals surface area contributed by atoms with Crippen molar-refractivity contribution >= 4 is 22.7 Å². The summed E-state index contributed by atoms with van der Waals surface area (Å²) in [6, 6.07) is 8.75. The van der Waals surface area contributed by atoms with Gasteiger partial charge < -0.3 is 20.9 Å². The van der Waals surface area contributed by atoms with E-state index in [0.29, 0.717) is 5.39 Å². The molecular formula is C29H33N7O4. The number of carbonyl (C=O) groups is 2. The van der Waals surface area contributed by atoms with E-state index in [1.165, 1.54) is 0 Å². The third-order valence-corrected chi connectivity index (χ3v) is 8.08. The van der Waals surface area contributed by atoms with Gasteiger partial charge in [0.15, 0.2) is 5.69 Å². The number of aryl methyl sites for hydroxylation is 1. The van der Waals surface area contributed by atoms with Gasteiger partial charge in [-0.05, 0) is 62.9 Å². The lowest BCUT2D eigenvalue weighted by molar-refractivity contribution is -0.125. The minimum atomic E-state index is -1.03. The molecule has 11 heteroatoms. The zero-order valence-electron chi connectivity index (χ0n) is 22.8. The average Bonchev–Trinajstić information content (AvgIpc) is 3.46. The maximum atomic E-state index is 13.8. The molecule has 3 aromatic heterocycles. The van der Waals surface area contributed by atoms with Gasteiger partial charge in [0.1, 0.15) is 11.7 Å². The molecule has 1 spiro atoms. The molecule has 11 nitrogen and oxygen atoms in total. The fraction of sp³-hybridized carbons (Fsp3) is 0.414. The molecule has 0 saturated heterocycles. The number of nitrogens with zero attached hydrogens (tertiary/aromatic N) is 5. The van der Waals surface area contributed by atoms with Crippen LogP contribution in [0.5, 0.6) is 5.88 Å². The van der Waals surface area contributed by atoms with Gasteiger partial charge in [-0.1, -0.05) is 12.5 Å². The van der Waals surface area contributed by atoms with Gasteiger partial charge in [-0.25, -0.2) is 4.98 Å². The summed E-state index contributed by atoms with van der Waals surface area (Å²) in [5, 5.41) is 23.2. The number of carbonyl (C=O) groups excluding carboxylic acids is 2. The molecule has 2 aliphatic rings. The van der Waals surface area contributed by atoms with E-state index in [2.05, 4.69) is 20.5 Å². The fourth-order valence-electron chi connectivity index (χ4n) is 5.99. The molecule has 40 heavy (non-hydrogen) atoms. The molecule has 2 amide bonds. The normalized spacial score (nSPS) is 19.7. The summed E-state index contributed by atoms with van der Waals surface area (Å²) in [4.78, 5) is 30.0. The van der Waals surface area contributed by atoms with E-state index in [1.807, 2.05) is 31.4 Å². The van der Waals surface area contributed by atoms with Crippen LogP contribution in [0.1, 0.15) is 60.4 Å². The summed E-state index contributed by atoms with van der Waals surface area (Å²) in [7, 11) is 1.85. The molecule has 2 fully saturated rings. The smallest absolute Gasteiger partial charge is 0.272 e. The second kappa shape index (κ2) is 9.44. The van der Waals surface area contributed by atoms with Crippen molar-refractivity contribution < 1.29 is 19.4 Å². The standard InChI is InChI=1S/C29H33N7O4/c1-28(2,39)16-36-22-8-7-17(18-14-32-35(3)15-18)12-20(22)23(34-36)26(38)33-21-13-29(9-5-10-29)24(21)40-27-19(25(30)37)6-4-11-31-27/h4,6-8,11-12,14-15,21,24,39H,5,9-10,13,16H2,1-3H3,(H2,30,37)(H,33,38). The van der Waals surface area contributed by atoms with Crippen LogP contribution in [-0.4, -0.2) is 59.2 Å². The Kier molecular flexibility index (Phi) is 6.14. The zero-order chi connectivity index (χ0) is 28.2. The van der Waals surface area contributed by atoms with Crippen LogP contribution in [0.25, 0.3) is 22.0 Å². The first-order valence-electron chi connectivity index (χ1n) is 13.5. The number of aliphatic hydroxyl groups is 1. The van der Waals surface area contributed by atoms with Crippen LogP contribution in [0, 0.1) is 5.41 Å². The first kappa shape index (κ1) is 26.0. The number of nitrogens with one attached hydrogen (secondary N) is 1. The number of pyridine rings is 1. The first-order valence-corrected chi connectivity index (χ1v) is 13.5. The Bertz CT molecular complexity index is 1610. The summed E-state index contributed by atoms with van der Waals surface area (Å²) >= 11 is 0. The van der Waals surface area contributed by atoms with E-state index in [4.69, 9.17) is 10.5 Å². The minimum absolute atomic E-state index is 0.0554. The van der Waals surface area contributed by atoms with Crippen molar-refractivity contribution in [3.05, 3.63) is 60.2 Å². The van der Waals surface area contributed by atoms with Crippen molar-refractivity contribution in [1.82, 2.24) is 29.9 Å². The van der Waals surface area contributed by atoms with Crippen LogP contribution in [0.4, 0.5) is 0 Å². The Labute approximate surface area is 231 Å². The second-order valence-corrected chi connectivity index (χ2v) is 11.7. The molecule has 0 aliphatic heterocycles. The molecule has 3 heterocycles. The van der Waals surface area contributed by atoms with Gasteiger partial charge in [0.2, 0.25) is 5.88 Å².